The Morgan fingerprint density at radius 2 is 1.70 bits per heavy atom. The maximum Gasteiger partial charge on any atom is 0.295 e. The predicted octanol–water partition coefficient (Wildman–Crippen LogP) is 5.20. The second-order valence-corrected chi connectivity index (χ2v) is 7.44. The van der Waals surface area contributed by atoms with Gasteiger partial charge in [-0.1, -0.05) is 41.9 Å². The van der Waals surface area contributed by atoms with Crippen LogP contribution in [-0.2, 0) is 0 Å². The van der Waals surface area contributed by atoms with Crippen LogP contribution >= 0.6 is 11.6 Å². The number of ether oxygens (including phenoxy) is 1. The van der Waals surface area contributed by atoms with Crippen LogP contribution in [0, 0.1) is 0 Å². The normalized spacial score (nSPS) is 15.5. The van der Waals surface area contributed by atoms with E-state index in [0.717, 1.165) is 5.56 Å². The fourth-order valence-corrected chi connectivity index (χ4v) is 4.07. The molecule has 5 rings (SSSR count). The highest BCUT2D eigenvalue weighted by Gasteiger charge is 2.43. The molecule has 6 heteroatoms. The molecule has 1 aromatic heterocycles. The van der Waals surface area contributed by atoms with Crippen LogP contribution in [0.15, 0.2) is 82.0 Å². The summed E-state index contributed by atoms with van der Waals surface area (Å²) in [6, 6.07) is 20.7. The van der Waals surface area contributed by atoms with E-state index in [1.807, 2.05) is 42.5 Å². The average molecular weight is 418 g/mol. The predicted molar refractivity (Wildman–Crippen MR) is 116 cm³/mol. The van der Waals surface area contributed by atoms with Gasteiger partial charge in [-0.2, -0.15) is 0 Å². The number of halogens is 1. The van der Waals surface area contributed by atoms with E-state index in [-0.39, 0.29) is 17.1 Å². The Hall–Kier alpha value is -3.57. The number of carbonyl (C=O) groups is 1. The molecule has 1 unspecified atom stereocenters. The molecule has 0 fully saturated rings. The Morgan fingerprint density at radius 3 is 2.40 bits per heavy atom. The average Bonchev–Trinajstić information content (AvgIpc) is 3.07. The number of hydrogen-bond acceptors (Lipinski definition) is 4. The summed E-state index contributed by atoms with van der Waals surface area (Å²) in [5.41, 5.74) is 1.83. The molecular formula is C24H16ClNO4. The number of benzene rings is 3. The van der Waals surface area contributed by atoms with E-state index < -0.39 is 6.04 Å². The molecule has 0 bridgehead atoms. The zero-order valence-electron chi connectivity index (χ0n) is 16.0. The van der Waals surface area contributed by atoms with Gasteiger partial charge in [0, 0.05) is 10.7 Å². The van der Waals surface area contributed by atoms with Crippen molar-refractivity contribution in [2.45, 2.75) is 6.04 Å². The number of nitrogens with zero attached hydrogens (tertiary/aromatic N) is 1. The lowest BCUT2D eigenvalue weighted by Gasteiger charge is -2.25. The highest BCUT2D eigenvalue weighted by molar-refractivity contribution is 6.31. The third kappa shape index (κ3) is 2.78. The van der Waals surface area contributed by atoms with Crippen LogP contribution in [0.25, 0.3) is 11.0 Å². The number of methoxy groups -OCH3 is 1. The summed E-state index contributed by atoms with van der Waals surface area (Å²) in [4.78, 5) is 28.5. The van der Waals surface area contributed by atoms with Gasteiger partial charge in [-0.15, -0.1) is 0 Å². The summed E-state index contributed by atoms with van der Waals surface area (Å²) in [7, 11) is 1.59. The first-order chi connectivity index (χ1) is 14.6. The Morgan fingerprint density at radius 1 is 0.967 bits per heavy atom. The van der Waals surface area contributed by atoms with E-state index >= 15 is 0 Å². The van der Waals surface area contributed by atoms with Crippen molar-refractivity contribution in [1.29, 1.82) is 0 Å². The molecular weight excluding hydrogens is 402 g/mol. The van der Waals surface area contributed by atoms with Crippen molar-refractivity contribution in [3.63, 3.8) is 0 Å². The molecule has 148 valence electrons. The third-order valence-electron chi connectivity index (χ3n) is 5.30. The maximum absolute atomic E-state index is 13.5. The van der Waals surface area contributed by atoms with Crippen molar-refractivity contribution in [3.05, 3.63) is 105 Å². The molecule has 4 aromatic rings. The van der Waals surface area contributed by atoms with E-state index in [9.17, 15) is 9.59 Å². The summed E-state index contributed by atoms with van der Waals surface area (Å²) >= 11 is 6.11. The number of amides is 1. The highest BCUT2D eigenvalue weighted by Crippen LogP contribution is 2.41. The van der Waals surface area contributed by atoms with E-state index in [0.29, 0.717) is 33.0 Å². The van der Waals surface area contributed by atoms with Crippen LogP contribution in [0.5, 0.6) is 5.75 Å². The van der Waals surface area contributed by atoms with Crippen LogP contribution in [0.3, 0.4) is 0 Å². The molecule has 30 heavy (non-hydrogen) atoms. The maximum atomic E-state index is 13.5. The van der Waals surface area contributed by atoms with Gasteiger partial charge >= 0.3 is 0 Å². The molecule has 0 spiro atoms. The van der Waals surface area contributed by atoms with Crippen molar-refractivity contribution in [1.82, 2.24) is 0 Å². The van der Waals surface area contributed by atoms with Crippen LogP contribution in [-0.4, -0.2) is 13.0 Å². The second-order valence-electron chi connectivity index (χ2n) is 7.00. The van der Waals surface area contributed by atoms with Gasteiger partial charge in [0.25, 0.3) is 5.91 Å². The number of carbonyl (C=O) groups excluding carboxylic acids is 1. The molecule has 0 aliphatic carbocycles. The zero-order chi connectivity index (χ0) is 20.8. The van der Waals surface area contributed by atoms with Crippen molar-refractivity contribution < 1.29 is 13.9 Å². The number of anilines is 1. The quantitative estimate of drug-likeness (QED) is 0.459. The number of fused-ring (bicyclic) bond motifs is 2. The monoisotopic (exact) mass is 417 g/mol. The lowest BCUT2D eigenvalue weighted by molar-refractivity contribution is 0.0971. The zero-order valence-corrected chi connectivity index (χ0v) is 16.7. The summed E-state index contributed by atoms with van der Waals surface area (Å²) in [6.07, 6.45) is 0. The number of para-hydroxylation sites is 1. The molecule has 1 aliphatic rings. The molecule has 0 radical (unpaired) electrons. The van der Waals surface area contributed by atoms with Gasteiger partial charge in [-0.25, -0.2) is 0 Å². The van der Waals surface area contributed by atoms with Gasteiger partial charge in [0.2, 0.25) is 5.76 Å². The Balaban J connectivity index is 1.80. The third-order valence-corrected chi connectivity index (χ3v) is 5.53. The summed E-state index contributed by atoms with van der Waals surface area (Å²) in [5, 5.41) is 0.780. The van der Waals surface area contributed by atoms with Crippen molar-refractivity contribution >= 4 is 34.2 Å². The van der Waals surface area contributed by atoms with Crippen LogP contribution < -0.4 is 15.1 Å². The van der Waals surface area contributed by atoms with Crippen molar-refractivity contribution in [3.8, 4) is 5.75 Å². The second kappa shape index (κ2) is 7.04. The van der Waals surface area contributed by atoms with Gasteiger partial charge in [0.15, 0.2) is 5.43 Å². The Labute approximate surface area is 177 Å². The Kier molecular flexibility index (Phi) is 4.33. The summed E-state index contributed by atoms with van der Waals surface area (Å²) in [5.74, 6) is 0.386. The fourth-order valence-electron chi connectivity index (χ4n) is 3.90. The van der Waals surface area contributed by atoms with E-state index in [1.165, 1.54) is 0 Å². The lowest BCUT2D eigenvalue weighted by Crippen LogP contribution is -2.29. The van der Waals surface area contributed by atoms with E-state index in [4.69, 9.17) is 20.8 Å². The molecule has 0 saturated heterocycles. The molecule has 5 nitrogen and oxygen atoms in total. The van der Waals surface area contributed by atoms with E-state index in [2.05, 4.69) is 0 Å². The van der Waals surface area contributed by atoms with E-state index in [1.54, 1.807) is 42.3 Å². The van der Waals surface area contributed by atoms with Gasteiger partial charge in [-0.05, 0) is 48.0 Å². The first kappa shape index (κ1) is 18.5. The summed E-state index contributed by atoms with van der Waals surface area (Å²) in [6.45, 7) is 0. The molecule has 1 amide bonds. The smallest absolute Gasteiger partial charge is 0.295 e. The SMILES string of the molecule is COc1ccc(C2c3c(oc4ccc(Cl)cc4c3=O)C(=O)N2c2ccccc2)cc1. The largest absolute Gasteiger partial charge is 0.497 e. The first-order valence-corrected chi connectivity index (χ1v) is 9.75. The molecule has 1 aliphatic heterocycles. The number of hydrogen-bond donors (Lipinski definition) is 0. The molecule has 0 saturated carbocycles. The van der Waals surface area contributed by atoms with Crippen LogP contribution in [0.4, 0.5) is 5.69 Å². The molecule has 3 aromatic carbocycles. The molecule has 2 heterocycles. The number of rotatable bonds is 3. The summed E-state index contributed by atoms with van der Waals surface area (Å²) < 4.78 is 11.2. The van der Waals surface area contributed by atoms with Gasteiger partial charge in [0.05, 0.1) is 24.1 Å². The first-order valence-electron chi connectivity index (χ1n) is 9.37. The molecule has 0 N–H and O–H groups in total. The highest BCUT2D eigenvalue weighted by atomic mass is 35.5. The standard InChI is InChI=1S/C24H16ClNO4/c1-29-17-10-7-14(8-11-17)21-20-22(27)18-13-15(25)9-12-19(18)30-23(20)24(28)26(21)16-5-3-2-4-6-16/h2-13,21H,1H3. The minimum Gasteiger partial charge on any atom is -0.497 e. The molecule has 1 atom stereocenters. The van der Waals surface area contributed by atoms with Crippen molar-refractivity contribution in [2.75, 3.05) is 12.0 Å². The van der Waals surface area contributed by atoms with Gasteiger partial charge in [-0.3, -0.25) is 14.5 Å². The van der Waals surface area contributed by atoms with Crippen molar-refractivity contribution in [2.24, 2.45) is 0 Å². The van der Waals surface area contributed by atoms with Crippen LogP contribution in [0.2, 0.25) is 5.02 Å². The Bertz CT molecular complexity index is 1330. The fraction of sp³-hybridized carbons (Fsp3) is 0.0833. The van der Waals surface area contributed by atoms with Crippen LogP contribution in [0.1, 0.15) is 27.7 Å². The minimum atomic E-state index is -0.625. The van der Waals surface area contributed by atoms with Gasteiger partial charge in [0.1, 0.15) is 11.3 Å². The lowest BCUT2D eigenvalue weighted by atomic mass is 9.98. The van der Waals surface area contributed by atoms with Gasteiger partial charge < -0.3 is 9.15 Å². The minimum absolute atomic E-state index is 0.0551. The topological polar surface area (TPSA) is 59.8 Å².